The van der Waals surface area contributed by atoms with Crippen LogP contribution in [0.3, 0.4) is 0 Å². The Bertz CT molecular complexity index is 688. The van der Waals surface area contributed by atoms with Crippen LogP contribution in [0.25, 0.3) is 10.2 Å². The van der Waals surface area contributed by atoms with Crippen molar-refractivity contribution in [2.75, 3.05) is 5.32 Å². The van der Waals surface area contributed by atoms with Crippen LogP contribution in [0.4, 0.5) is 10.1 Å². The summed E-state index contributed by atoms with van der Waals surface area (Å²) in [6.45, 7) is 2.55. The molecule has 1 heterocycles. The van der Waals surface area contributed by atoms with Gasteiger partial charge in [-0.05, 0) is 42.8 Å². The second-order valence-electron chi connectivity index (χ2n) is 4.39. The molecule has 0 radical (unpaired) electrons. The van der Waals surface area contributed by atoms with Gasteiger partial charge in [0.1, 0.15) is 10.8 Å². The van der Waals surface area contributed by atoms with Crippen molar-refractivity contribution in [1.82, 2.24) is 4.98 Å². The highest BCUT2D eigenvalue weighted by Gasteiger charge is 2.04. The second-order valence-corrected chi connectivity index (χ2v) is 5.50. The number of nitrogens with one attached hydrogen (secondary N) is 1. The number of anilines is 1. The van der Waals surface area contributed by atoms with E-state index in [4.69, 9.17) is 0 Å². The van der Waals surface area contributed by atoms with Gasteiger partial charge in [0.15, 0.2) is 0 Å². The zero-order chi connectivity index (χ0) is 13.2. The summed E-state index contributed by atoms with van der Waals surface area (Å²) in [4.78, 5) is 4.56. The third kappa shape index (κ3) is 2.58. The summed E-state index contributed by atoms with van der Waals surface area (Å²) in [5.41, 5.74) is 2.88. The van der Waals surface area contributed by atoms with Crippen LogP contribution >= 0.6 is 11.3 Å². The van der Waals surface area contributed by atoms with Gasteiger partial charge in [0, 0.05) is 5.69 Å². The van der Waals surface area contributed by atoms with Crippen molar-refractivity contribution >= 4 is 27.2 Å². The molecule has 2 nitrogen and oxygen atoms in total. The van der Waals surface area contributed by atoms with E-state index in [2.05, 4.69) is 16.4 Å². The monoisotopic (exact) mass is 272 g/mol. The lowest BCUT2D eigenvalue weighted by molar-refractivity contribution is 0.627. The van der Waals surface area contributed by atoms with Crippen molar-refractivity contribution < 1.29 is 4.39 Å². The summed E-state index contributed by atoms with van der Waals surface area (Å²) >= 11 is 1.68. The Labute approximate surface area is 114 Å². The number of hydrogen-bond acceptors (Lipinski definition) is 3. The Hall–Kier alpha value is -1.94. The van der Waals surface area contributed by atoms with Crippen LogP contribution in [0.2, 0.25) is 0 Å². The van der Waals surface area contributed by atoms with E-state index in [0.29, 0.717) is 6.54 Å². The Morgan fingerprint density at radius 3 is 2.84 bits per heavy atom. The van der Waals surface area contributed by atoms with Gasteiger partial charge in [-0.3, -0.25) is 0 Å². The van der Waals surface area contributed by atoms with Crippen LogP contribution in [0.5, 0.6) is 0 Å². The van der Waals surface area contributed by atoms with E-state index in [1.54, 1.807) is 17.4 Å². The van der Waals surface area contributed by atoms with E-state index in [9.17, 15) is 4.39 Å². The fourth-order valence-electron chi connectivity index (χ4n) is 1.99. The Morgan fingerprint density at radius 1 is 1.21 bits per heavy atom. The van der Waals surface area contributed by atoms with Gasteiger partial charge < -0.3 is 5.32 Å². The highest BCUT2D eigenvalue weighted by atomic mass is 32.1. The zero-order valence-corrected chi connectivity index (χ0v) is 11.3. The van der Waals surface area contributed by atoms with Crippen molar-refractivity contribution in [3.05, 3.63) is 58.9 Å². The lowest BCUT2D eigenvalue weighted by Gasteiger charge is -2.07. The molecule has 0 saturated carbocycles. The first-order valence-electron chi connectivity index (χ1n) is 6.07. The number of aryl methyl sites for hydroxylation is 1. The molecular weight excluding hydrogens is 259 g/mol. The molecule has 1 aromatic heterocycles. The molecule has 3 aromatic rings. The number of thiazole rings is 1. The van der Waals surface area contributed by atoms with Crippen LogP contribution in [0.15, 0.2) is 42.5 Å². The average Bonchev–Trinajstić information content (AvgIpc) is 2.80. The number of halogens is 1. The smallest absolute Gasteiger partial charge is 0.123 e. The highest BCUT2D eigenvalue weighted by molar-refractivity contribution is 7.18. The van der Waals surface area contributed by atoms with Crippen molar-refractivity contribution in [2.45, 2.75) is 13.5 Å². The van der Waals surface area contributed by atoms with Crippen LogP contribution in [-0.2, 0) is 6.54 Å². The van der Waals surface area contributed by atoms with E-state index in [1.165, 1.54) is 16.8 Å². The lowest BCUT2D eigenvalue weighted by atomic mass is 10.2. The van der Waals surface area contributed by atoms with Crippen LogP contribution < -0.4 is 5.32 Å². The maximum atomic E-state index is 13.0. The van der Waals surface area contributed by atoms with Crippen LogP contribution in [0.1, 0.15) is 10.6 Å². The predicted octanol–water partition coefficient (Wildman–Crippen LogP) is 4.36. The zero-order valence-electron chi connectivity index (χ0n) is 10.5. The molecule has 0 aliphatic rings. The summed E-state index contributed by atoms with van der Waals surface area (Å²) in [5, 5.41) is 4.33. The molecule has 0 spiro atoms. The van der Waals surface area contributed by atoms with Gasteiger partial charge in [0.05, 0.1) is 16.8 Å². The molecule has 3 rings (SSSR count). The normalized spacial score (nSPS) is 10.8. The SMILES string of the molecule is Cc1cc(F)ccc1NCc1nc2ccccc2s1. The molecule has 0 atom stereocenters. The third-order valence-corrected chi connectivity index (χ3v) is 3.99. The first-order valence-corrected chi connectivity index (χ1v) is 6.88. The molecular formula is C15H13FN2S. The summed E-state index contributed by atoms with van der Waals surface area (Å²) in [6.07, 6.45) is 0. The lowest BCUT2D eigenvalue weighted by Crippen LogP contribution is -2.00. The van der Waals surface area contributed by atoms with E-state index >= 15 is 0 Å². The second kappa shape index (κ2) is 4.97. The summed E-state index contributed by atoms with van der Waals surface area (Å²) in [5.74, 6) is -0.206. The summed E-state index contributed by atoms with van der Waals surface area (Å²) in [6, 6.07) is 12.8. The molecule has 0 bridgehead atoms. The fraction of sp³-hybridized carbons (Fsp3) is 0.133. The maximum absolute atomic E-state index is 13.0. The summed E-state index contributed by atoms with van der Waals surface area (Å²) in [7, 11) is 0. The van der Waals surface area contributed by atoms with E-state index in [-0.39, 0.29) is 5.82 Å². The van der Waals surface area contributed by atoms with E-state index in [1.807, 2.05) is 25.1 Å². The number of rotatable bonds is 3. The summed E-state index contributed by atoms with van der Waals surface area (Å²) < 4.78 is 14.2. The number of nitrogens with zero attached hydrogens (tertiary/aromatic N) is 1. The predicted molar refractivity (Wildman–Crippen MR) is 78.1 cm³/mol. The first kappa shape index (κ1) is 12.1. The van der Waals surface area contributed by atoms with Crippen LogP contribution in [0, 0.1) is 12.7 Å². The molecule has 0 fully saturated rings. The standard InChI is InChI=1S/C15H13FN2S/c1-10-8-11(16)6-7-12(10)17-9-15-18-13-4-2-3-5-14(13)19-15/h2-8,17H,9H2,1H3. The van der Waals surface area contributed by atoms with Gasteiger partial charge >= 0.3 is 0 Å². The van der Waals surface area contributed by atoms with Gasteiger partial charge in [-0.1, -0.05) is 12.1 Å². The molecule has 4 heteroatoms. The van der Waals surface area contributed by atoms with Crippen molar-refractivity contribution in [3.63, 3.8) is 0 Å². The van der Waals surface area contributed by atoms with Crippen LogP contribution in [-0.4, -0.2) is 4.98 Å². The highest BCUT2D eigenvalue weighted by Crippen LogP contribution is 2.23. The molecule has 96 valence electrons. The van der Waals surface area contributed by atoms with Gasteiger partial charge in [0.2, 0.25) is 0 Å². The number of para-hydroxylation sites is 1. The van der Waals surface area contributed by atoms with E-state index in [0.717, 1.165) is 21.8 Å². The van der Waals surface area contributed by atoms with E-state index < -0.39 is 0 Å². The molecule has 2 aromatic carbocycles. The minimum Gasteiger partial charge on any atom is -0.378 e. The molecule has 0 amide bonds. The number of hydrogen-bond donors (Lipinski definition) is 1. The van der Waals surface area contributed by atoms with Crippen molar-refractivity contribution in [3.8, 4) is 0 Å². The molecule has 19 heavy (non-hydrogen) atoms. The molecule has 0 saturated heterocycles. The molecule has 0 unspecified atom stereocenters. The fourth-order valence-corrected chi connectivity index (χ4v) is 2.90. The van der Waals surface area contributed by atoms with Gasteiger partial charge in [-0.25, -0.2) is 9.37 Å². The third-order valence-electron chi connectivity index (χ3n) is 2.96. The number of benzene rings is 2. The van der Waals surface area contributed by atoms with Gasteiger partial charge in [-0.2, -0.15) is 0 Å². The molecule has 1 N–H and O–H groups in total. The largest absolute Gasteiger partial charge is 0.378 e. The number of fused-ring (bicyclic) bond motifs is 1. The maximum Gasteiger partial charge on any atom is 0.123 e. The van der Waals surface area contributed by atoms with Crippen molar-refractivity contribution in [2.24, 2.45) is 0 Å². The topological polar surface area (TPSA) is 24.9 Å². The Balaban J connectivity index is 1.78. The van der Waals surface area contributed by atoms with Gasteiger partial charge in [-0.15, -0.1) is 11.3 Å². The quantitative estimate of drug-likeness (QED) is 0.766. The molecule has 0 aliphatic heterocycles. The minimum absolute atomic E-state index is 0.206. The minimum atomic E-state index is -0.206. The Kier molecular flexibility index (Phi) is 3.17. The first-order chi connectivity index (χ1) is 9.22. The Morgan fingerprint density at radius 2 is 2.05 bits per heavy atom. The number of aromatic nitrogens is 1. The molecule has 0 aliphatic carbocycles. The van der Waals surface area contributed by atoms with Gasteiger partial charge in [0.25, 0.3) is 0 Å². The van der Waals surface area contributed by atoms with Crippen molar-refractivity contribution in [1.29, 1.82) is 0 Å². The average molecular weight is 272 g/mol.